The third-order valence-corrected chi connectivity index (χ3v) is 2.53. The van der Waals surface area contributed by atoms with Crippen LogP contribution in [0.2, 0.25) is 0 Å². The van der Waals surface area contributed by atoms with Crippen LogP contribution >= 0.6 is 12.4 Å². The van der Waals surface area contributed by atoms with Crippen LogP contribution in [0.3, 0.4) is 0 Å². The van der Waals surface area contributed by atoms with Gasteiger partial charge in [0.2, 0.25) is 5.91 Å². The molecule has 1 unspecified atom stereocenters. The largest absolute Gasteiger partial charge is 0.493 e. The van der Waals surface area contributed by atoms with Crippen LogP contribution < -0.4 is 20.5 Å². The predicted molar refractivity (Wildman–Crippen MR) is 73.6 cm³/mol. The van der Waals surface area contributed by atoms with Gasteiger partial charge >= 0.3 is 0 Å². The molecule has 1 atom stereocenters. The fourth-order valence-corrected chi connectivity index (χ4v) is 1.31. The second-order valence-corrected chi connectivity index (χ2v) is 3.81. The van der Waals surface area contributed by atoms with Gasteiger partial charge in [-0.1, -0.05) is 6.92 Å². The summed E-state index contributed by atoms with van der Waals surface area (Å²) < 4.78 is 23.7. The highest BCUT2D eigenvalue weighted by molar-refractivity contribution is 5.93. The zero-order valence-electron chi connectivity index (χ0n) is 11.0. The number of hydrogen-bond acceptors (Lipinski definition) is 4. The van der Waals surface area contributed by atoms with Gasteiger partial charge in [-0.15, -0.1) is 12.4 Å². The SMILES string of the molecule is COc1cc(F)c(NC(=O)C(C)CN)cc1OC.Cl. The summed E-state index contributed by atoms with van der Waals surface area (Å²) in [5, 5.41) is 2.46. The van der Waals surface area contributed by atoms with Crippen molar-refractivity contribution in [2.45, 2.75) is 6.92 Å². The molecule has 1 aromatic carbocycles. The molecule has 19 heavy (non-hydrogen) atoms. The zero-order valence-corrected chi connectivity index (χ0v) is 11.8. The second kappa shape index (κ2) is 7.81. The molecule has 0 bridgehead atoms. The lowest BCUT2D eigenvalue weighted by Gasteiger charge is -2.13. The van der Waals surface area contributed by atoms with E-state index in [1.54, 1.807) is 6.92 Å². The maximum absolute atomic E-state index is 13.7. The van der Waals surface area contributed by atoms with Crippen molar-refractivity contribution in [1.29, 1.82) is 0 Å². The van der Waals surface area contributed by atoms with Crippen LogP contribution in [0.15, 0.2) is 12.1 Å². The summed E-state index contributed by atoms with van der Waals surface area (Å²) in [6, 6.07) is 2.52. The molecule has 0 aliphatic heterocycles. The molecule has 0 aliphatic carbocycles. The van der Waals surface area contributed by atoms with Gasteiger partial charge in [-0.2, -0.15) is 0 Å². The molecular formula is C12H18ClFN2O3. The molecule has 5 nitrogen and oxygen atoms in total. The van der Waals surface area contributed by atoms with Gasteiger partial charge in [0.15, 0.2) is 17.3 Å². The molecule has 1 aromatic rings. The van der Waals surface area contributed by atoms with Crippen molar-refractivity contribution in [3.63, 3.8) is 0 Å². The summed E-state index contributed by atoms with van der Waals surface area (Å²) in [7, 11) is 2.84. The molecule has 0 aliphatic rings. The molecule has 0 fully saturated rings. The first kappa shape index (κ1) is 17.5. The Morgan fingerprint density at radius 2 is 1.89 bits per heavy atom. The van der Waals surface area contributed by atoms with Crippen molar-refractivity contribution in [3.05, 3.63) is 17.9 Å². The minimum atomic E-state index is -0.592. The highest BCUT2D eigenvalue weighted by Gasteiger charge is 2.16. The van der Waals surface area contributed by atoms with Gasteiger partial charge in [0.05, 0.1) is 19.9 Å². The zero-order chi connectivity index (χ0) is 13.7. The number of nitrogens with two attached hydrogens (primary N) is 1. The van der Waals surface area contributed by atoms with Gasteiger partial charge in [-0.25, -0.2) is 4.39 Å². The molecule has 0 spiro atoms. The van der Waals surface area contributed by atoms with E-state index >= 15 is 0 Å². The lowest BCUT2D eigenvalue weighted by molar-refractivity contribution is -0.119. The van der Waals surface area contributed by atoms with Crippen molar-refractivity contribution in [1.82, 2.24) is 0 Å². The van der Waals surface area contributed by atoms with Crippen LogP contribution in [0.1, 0.15) is 6.92 Å². The number of methoxy groups -OCH3 is 2. The average Bonchev–Trinajstić information content (AvgIpc) is 2.39. The van der Waals surface area contributed by atoms with Gasteiger partial charge in [-0.3, -0.25) is 4.79 Å². The summed E-state index contributed by atoms with van der Waals surface area (Å²) in [5.41, 5.74) is 5.41. The van der Waals surface area contributed by atoms with Crippen molar-refractivity contribution >= 4 is 24.0 Å². The predicted octanol–water partition coefficient (Wildman–Crippen LogP) is 1.80. The fraction of sp³-hybridized carbons (Fsp3) is 0.417. The van der Waals surface area contributed by atoms with Crippen molar-refractivity contribution < 1.29 is 18.7 Å². The number of benzene rings is 1. The number of anilines is 1. The topological polar surface area (TPSA) is 73.6 Å². The normalized spacial score (nSPS) is 11.2. The van der Waals surface area contributed by atoms with Crippen molar-refractivity contribution in [3.8, 4) is 11.5 Å². The van der Waals surface area contributed by atoms with Crippen LogP contribution in [-0.4, -0.2) is 26.7 Å². The highest BCUT2D eigenvalue weighted by atomic mass is 35.5. The van der Waals surface area contributed by atoms with E-state index in [0.29, 0.717) is 5.75 Å². The average molecular weight is 293 g/mol. The Kier molecular flexibility index (Phi) is 7.18. The number of hydrogen-bond donors (Lipinski definition) is 2. The summed E-state index contributed by atoms with van der Waals surface area (Å²) >= 11 is 0. The minimum absolute atomic E-state index is 0. The van der Waals surface area contributed by atoms with E-state index in [1.165, 1.54) is 20.3 Å². The van der Waals surface area contributed by atoms with Crippen LogP contribution in [0.5, 0.6) is 11.5 Å². The number of ether oxygens (including phenoxy) is 2. The number of halogens is 2. The quantitative estimate of drug-likeness (QED) is 0.868. The van der Waals surface area contributed by atoms with E-state index in [-0.39, 0.29) is 36.3 Å². The number of nitrogens with one attached hydrogen (secondary N) is 1. The Hall–Kier alpha value is -1.53. The lowest BCUT2D eigenvalue weighted by Crippen LogP contribution is -2.27. The highest BCUT2D eigenvalue weighted by Crippen LogP contribution is 2.32. The van der Waals surface area contributed by atoms with Crippen molar-refractivity contribution in [2.75, 3.05) is 26.1 Å². The molecule has 1 amide bonds. The monoisotopic (exact) mass is 292 g/mol. The number of carbonyl (C=O) groups excluding carboxylic acids is 1. The maximum atomic E-state index is 13.7. The minimum Gasteiger partial charge on any atom is -0.493 e. The molecular weight excluding hydrogens is 275 g/mol. The molecule has 0 saturated carbocycles. The van der Waals surface area contributed by atoms with Gasteiger partial charge in [-0.05, 0) is 0 Å². The Labute approximate surface area is 117 Å². The first-order chi connectivity index (χ1) is 8.53. The summed E-state index contributed by atoms with van der Waals surface area (Å²) in [6.07, 6.45) is 0. The van der Waals surface area contributed by atoms with E-state index in [9.17, 15) is 9.18 Å². The Bertz CT molecular complexity index is 443. The second-order valence-electron chi connectivity index (χ2n) is 3.81. The molecule has 0 heterocycles. The fourth-order valence-electron chi connectivity index (χ4n) is 1.31. The number of carbonyl (C=O) groups is 1. The standard InChI is InChI=1S/C12H17FN2O3.ClH/c1-7(6-14)12(16)15-9-5-11(18-3)10(17-2)4-8(9)13;/h4-5,7H,6,14H2,1-3H3,(H,15,16);1H. The molecule has 108 valence electrons. The Morgan fingerprint density at radius 1 is 1.37 bits per heavy atom. The molecule has 7 heteroatoms. The van der Waals surface area contributed by atoms with E-state index in [4.69, 9.17) is 15.2 Å². The van der Waals surface area contributed by atoms with E-state index in [1.807, 2.05) is 0 Å². The molecule has 0 saturated heterocycles. The van der Waals surface area contributed by atoms with Gasteiger partial charge in [0, 0.05) is 24.6 Å². The number of rotatable bonds is 5. The van der Waals surface area contributed by atoms with Crippen molar-refractivity contribution in [2.24, 2.45) is 11.7 Å². The summed E-state index contributed by atoms with van der Waals surface area (Å²) in [5.74, 6) is -0.721. The van der Waals surface area contributed by atoms with Gasteiger partial charge < -0.3 is 20.5 Å². The first-order valence-electron chi connectivity index (χ1n) is 5.46. The van der Waals surface area contributed by atoms with Crippen LogP contribution in [0.4, 0.5) is 10.1 Å². The van der Waals surface area contributed by atoms with Gasteiger partial charge in [0.1, 0.15) is 0 Å². The lowest BCUT2D eigenvalue weighted by atomic mass is 10.1. The van der Waals surface area contributed by atoms with E-state index in [2.05, 4.69) is 5.32 Å². The smallest absolute Gasteiger partial charge is 0.228 e. The molecule has 3 N–H and O–H groups in total. The molecule has 1 rings (SSSR count). The third kappa shape index (κ3) is 4.25. The van der Waals surface area contributed by atoms with Gasteiger partial charge in [0.25, 0.3) is 0 Å². The first-order valence-corrected chi connectivity index (χ1v) is 5.46. The third-order valence-electron chi connectivity index (χ3n) is 2.53. The van der Waals surface area contributed by atoms with Crippen LogP contribution in [-0.2, 0) is 4.79 Å². The summed E-state index contributed by atoms with van der Waals surface area (Å²) in [4.78, 5) is 11.6. The summed E-state index contributed by atoms with van der Waals surface area (Å²) in [6.45, 7) is 1.86. The number of amides is 1. The Morgan fingerprint density at radius 3 is 2.37 bits per heavy atom. The Balaban J connectivity index is 0.00000324. The molecule has 0 radical (unpaired) electrons. The molecule has 0 aromatic heterocycles. The van der Waals surface area contributed by atoms with E-state index < -0.39 is 11.7 Å². The maximum Gasteiger partial charge on any atom is 0.228 e. The van der Waals surface area contributed by atoms with E-state index in [0.717, 1.165) is 6.07 Å². The van der Waals surface area contributed by atoms with Crippen LogP contribution in [0, 0.1) is 11.7 Å². The van der Waals surface area contributed by atoms with Crippen LogP contribution in [0.25, 0.3) is 0 Å².